The Hall–Kier alpha value is 0.220. The third-order valence-electron chi connectivity index (χ3n) is 4.26. The summed E-state index contributed by atoms with van der Waals surface area (Å²) in [5, 5.41) is -0.355. The van der Waals surface area contributed by atoms with E-state index in [0.717, 1.165) is 31.6 Å². The van der Waals surface area contributed by atoms with Gasteiger partial charge in [0.25, 0.3) is 0 Å². The van der Waals surface area contributed by atoms with E-state index in [4.69, 9.17) is 5.73 Å². The monoisotopic (exact) mass is 308 g/mol. The lowest BCUT2D eigenvalue weighted by atomic mass is 9.88. The Morgan fingerprint density at radius 1 is 1.37 bits per heavy atom. The predicted octanol–water partition coefficient (Wildman–Crippen LogP) is 1.70. The largest absolute Gasteiger partial charge is 0.329 e. The Labute approximate surface area is 122 Å². The number of sulfone groups is 1. The van der Waals surface area contributed by atoms with Crippen LogP contribution in [0.5, 0.6) is 0 Å². The Balaban J connectivity index is 3.10. The van der Waals surface area contributed by atoms with E-state index in [2.05, 4.69) is 18.7 Å². The molecule has 2 unspecified atom stereocenters. The predicted molar refractivity (Wildman–Crippen MR) is 84.3 cm³/mol. The van der Waals surface area contributed by atoms with E-state index in [-0.39, 0.29) is 16.7 Å². The number of rotatable bonds is 7. The molecule has 19 heavy (non-hydrogen) atoms. The Morgan fingerprint density at radius 2 is 2.05 bits per heavy atom. The molecule has 4 nitrogen and oxygen atoms in total. The molecule has 0 aromatic carbocycles. The van der Waals surface area contributed by atoms with Gasteiger partial charge in [-0.2, -0.15) is 11.8 Å². The number of hydrogen-bond donors (Lipinski definition) is 1. The topological polar surface area (TPSA) is 63.4 Å². The molecular weight excluding hydrogens is 280 g/mol. The molecule has 0 spiro atoms. The lowest BCUT2D eigenvalue weighted by Crippen LogP contribution is -2.62. The second kappa shape index (κ2) is 7.29. The van der Waals surface area contributed by atoms with E-state index in [1.807, 2.05) is 0 Å². The summed E-state index contributed by atoms with van der Waals surface area (Å²) in [4.78, 5) is 2.20. The highest BCUT2D eigenvalue weighted by Gasteiger charge is 2.43. The zero-order valence-corrected chi connectivity index (χ0v) is 14.0. The molecule has 114 valence electrons. The number of thioether (sulfide) groups is 1. The van der Waals surface area contributed by atoms with Crippen LogP contribution in [0.2, 0.25) is 0 Å². The van der Waals surface area contributed by atoms with E-state index < -0.39 is 9.84 Å². The molecule has 6 heteroatoms. The summed E-state index contributed by atoms with van der Waals surface area (Å²) in [6.07, 6.45) is 2.92. The maximum Gasteiger partial charge on any atom is 0.166 e. The van der Waals surface area contributed by atoms with Gasteiger partial charge in [-0.25, -0.2) is 8.42 Å². The van der Waals surface area contributed by atoms with Gasteiger partial charge in [-0.3, -0.25) is 4.90 Å². The molecule has 0 amide bonds. The van der Waals surface area contributed by atoms with Gasteiger partial charge in [0.2, 0.25) is 0 Å². The molecule has 0 aromatic heterocycles. The molecule has 0 bridgehead atoms. The van der Waals surface area contributed by atoms with Crippen LogP contribution in [0, 0.1) is 0 Å². The van der Waals surface area contributed by atoms with Gasteiger partial charge in [0.15, 0.2) is 9.84 Å². The highest BCUT2D eigenvalue weighted by molar-refractivity contribution is 8.01. The summed E-state index contributed by atoms with van der Waals surface area (Å²) in [6, 6.07) is 0. The van der Waals surface area contributed by atoms with Gasteiger partial charge in [0.1, 0.15) is 5.37 Å². The van der Waals surface area contributed by atoms with Crippen molar-refractivity contribution in [2.24, 2.45) is 5.73 Å². The van der Waals surface area contributed by atoms with Crippen molar-refractivity contribution in [2.75, 3.05) is 30.3 Å². The maximum absolute atomic E-state index is 12.4. The zero-order valence-electron chi connectivity index (χ0n) is 12.4. The standard InChI is InChI=1S/C13H28N2O2S2/c1-4-7-13(5-2,11-14)15-8-9-18-10-12(15)19(16,17)6-3/h12H,4-11,14H2,1-3H3. The molecule has 2 atom stereocenters. The lowest BCUT2D eigenvalue weighted by molar-refractivity contribution is 0.0754. The maximum atomic E-state index is 12.4. The highest BCUT2D eigenvalue weighted by atomic mass is 32.2. The summed E-state index contributed by atoms with van der Waals surface area (Å²) < 4.78 is 24.7. The summed E-state index contributed by atoms with van der Waals surface area (Å²) in [6.45, 7) is 7.38. The minimum atomic E-state index is -3.04. The van der Waals surface area contributed by atoms with Crippen LogP contribution < -0.4 is 5.73 Å². The van der Waals surface area contributed by atoms with Crippen molar-refractivity contribution in [1.82, 2.24) is 4.90 Å². The fourth-order valence-electron chi connectivity index (χ4n) is 2.97. The fourth-order valence-corrected chi connectivity index (χ4v) is 6.06. The first-order valence-corrected chi connectivity index (χ1v) is 10.1. The molecule has 0 radical (unpaired) electrons. The quantitative estimate of drug-likeness (QED) is 0.775. The minimum Gasteiger partial charge on any atom is -0.329 e. The normalized spacial score (nSPS) is 25.2. The molecule has 1 aliphatic rings. The van der Waals surface area contributed by atoms with Crippen molar-refractivity contribution in [1.29, 1.82) is 0 Å². The SMILES string of the molecule is CCCC(CC)(CN)N1CCSCC1S(=O)(=O)CC. The van der Waals surface area contributed by atoms with Crippen LogP contribution in [-0.4, -0.2) is 54.6 Å². The van der Waals surface area contributed by atoms with Gasteiger partial charge in [0.05, 0.1) is 0 Å². The van der Waals surface area contributed by atoms with Gasteiger partial charge in [-0.05, 0) is 12.8 Å². The van der Waals surface area contributed by atoms with Crippen molar-refractivity contribution in [3.05, 3.63) is 0 Å². The summed E-state index contributed by atoms with van der Waals surface area (Å²) in [5.41, 5.74) is 5.89. The van der Waals surface area contributed by atoms with Crippen LogP contribution in [0.1, 0.15) is 40.0 Å². The Morgan fingerprint density at radius 3 is 2.53 bits per heavy atom. The fraction of sp³-hybridized carbons (Fsp3) is 1.00. The third-order valence-corrected chi connectivity index (χ3v) is 7.55. The first-order chi connectivity index (χ1) is 8.97. The zero-order chi connectivity index (χ0) is 14.5. The van der Waals surface area contributed by atoms with Crippen LogP contribution in [0.4, 0.5) is 0 Å². The van der Waals surface area contributed by atoms with Crippen LogP contribution in [0.15, 0.2) is 0 Å². The molecular formula is C13H28N2O2S2. The lowest BCUT2D eigenvalue weighted by Gasteiger charge is -2.48. The Kier molecular flexibility index (Phi) is 6.63. The van der Waals surface area contributed by atoms with Gasteiger partial charge in [-0.15, -0.1) is 0 Å². The Bertz CT molecular complexity index is 367. The van der Waals surface area contributed by atoms with E-state index >= 15 is 0 Å². The van der Waals surface area contributed by atoms with Crippen molar-refractivity contribution in [3.63, 3.8) is 0 Å². The first kappa shape index (κ1) is 17.3. The average molecular weight is 309 g/mol. The average Bonchev–Trinajstić information content (AvgIpc) is 2.45. The third kappa shape index (κ3) is 3.65. The van der Waals surface area contributed by atoms with Crippen molar-refractivity contribution >= 4 is 21.6 Å². The van der Waals surface area contributed by atoms with E-state index in [1.165, 1.54) is 0 Å². The second-order valence-electron chi connectivity index (χ2n) is 5.21. The molecule has 0 aromatic rings. The summed E-state index contributed by atoms with van der Waals surface area (Å²) in [5.74, 6) is 1.90. The molecule has 1 heterocycles. The second-order valence-corrected chi connectivity index (χ2v) is 8.80. The molecule has 1 saturated heterocycles. The smallest absolute Gasteiger partial charge is 0.166 e. The van der Waals surface area contributed by atoms with Crippen molar-refractivity contribution in [3.8, 4) is 0 Å². The van der Waals surface area contributed by atoms with Crippen LogP contribution in [0.25, 0.3) is 0 Å². The molecule has 1 rings (SSSR count). The van der Waals surface area contributed by atoms with Gasteiger partial charge in [0, 0.05) is 35.9 Å². The van der Waals surface area contributed by atoms with Crippen molar-refractivity contribution < 1.29 is 8.42 Å². The van der Waals surface area contributed by atoms with E-state index in [9.17, 15) is 8.42 Å². The van der Waals surface area contributed by atoms with Crippen LogP contribution >= 0.6 is 11.8 Å². The van der Waals surface area contributed by atoms with Gasteiger partial charge < -0.3 is 5.73 Å². The molecule has 1 fully saturated rings. The molecule has 0 saturated carbocycles. The molecule has 0 aliphatic carbocycles. The van der Waals surface area contributed by atoms with Gasteiger partial charge in [-0.1, -0.05) is 27.2 Å². The molecule has 2 N–H and O–H groups in total. The van der Waals surface area contributed by atoms with Gasteiger partial charge >= 0.3 is 0 Å². The van der Waals surface area contributed by atoms with Crippen molar-refractivity contribution in [2.45, 2.75) is 50.9 Å². The first-order valence-electron chi connectivity index (χ1n) is 7.23. The van der Waals surface area contributed by atoms with Crippen LogP contribution in [0.3, 0.4) is 0 Å². The number of hydrogen-bond acceptors (Lipinski definition) is 5. The summed E-state index contributed by atoms with van der Waals surface area (Å²) in [7, 11) is -3.04. The van der Waals surface area contributed by atoms with E-state index in [1.54, 1.807) is 18.7 Å². The van der Waals surface area contributed by atoms with Crippen LogP contribution in [-0.2, 0) is 9.84 Å². The number of nitrogens with two attached hydrogens (primary N) is 1. The summed E-state index contributed by atoms with van der Waals surface area (Å²) >= 11 is 1.74. The molecule has 1 aliphatic heterocycles. The minimum absolute atomic E-state index is 0.150. The number of nitrogens with zero attached hydrogens (tertiary/aromatic N) is 1. The highest BCUT2D eigenvalue weighted by Crippen LogP contribution is 2.33. The van der Waals surface area contributed by atoms with E-state index in [0.29, 0.717) is 12.3 Å².